The smallest absolute Gasteiger partial charge is 0.252 e. The van der Waals surface area contributed by atoms with Crippen LogP contribution in [0.1, 0.15) is 49.9 Å². The molecule has 0 spiro atoms. The Hall–Kier alpha value is -0.100. The van der Waals surface area contributed by atoms with Gasteiger partial charge in [-0.25, -0.2) is 0 Å². The zero-order valence-corrected chi connectivity index (χ0v) is 15.0. The predicted octanol–water partition coefficient (Wildman–Crippen LogP) is 4.75. The number of hydrogen-bond acceptors (Lipinski definition) is 1. The lowest BCUT2D eigenvalue weighted by molar-refractivity contribution is 0.0901. The average molecular weight is 436 g/mol. The van der Waals surface area contributed by atoms with Gasteiger partial charge in [0.2, 0.25) is 0 Å². The van der Waals surface area contributed by atoms with Crippen molar-refractivity contribution in [3.05, 3.63) is 31.8 Å². The Kier molecular flexibility index (Phi) is 4.93. The summed E-state index contributed by atoms with van der Waals surface area (Å²) in [6.45, 7) is 4.57. The lowest BCUT2D eigenvalue weighted by Crippen LogP contribution is -2.40. The first-order chi connectivity index (χ1) is 8.87. The van der Waals surface area contributed by atoms with Crippen LogP contribution in [0.5, 0.6) is 0 Å². The minimum absolute atomic E-state index is 0.0353. The SMILES string of the molecule is CC1(C)CCCC(NC(=O)c2cc(I)ccc2Br)C1. The molecular formula is C15H19BrINO. The second-order valence-corrected chi connectivity index (χ2v) is 8.16. The van der Waals surface area contributed by atoms with Crippen molar-refractivity contribution in [3.63, 3.8) is 0 Å². The minimum atomic E-state index is 0.0353. The maximum absolute atomic E-state index is 12.4. The van der Waals surface area contributed by atoms with Crippen LogP contribution < -0.4 is 5.32 Å². The van der Waals surface area contributed by atoms with E-state index in [1.54, 1.807) is 0 Å². The zero-order valence-electron chi connectivity index (χ0n) is 11.3. The van der Waals surface area contributed by atoms with Crippen molar-refractivity contribution < 1.29 is 4.79 Å². The van der Waals surface area contributed by atoms with E-state index in [1.807, 2.05) is 18.2 Å². The highest BCUT2D eigenvalue weighted by Gasteiger charge is 2.29. The van der Waals surface area contributed by atoms with Crippen molar-refractivity contribution in [2.45, 2.75) is 45.6 Å². The van der Waals surface area contributed by atoms with Crippen LogP contribution in [0.15, 0.2) is 22.7 Å². The third-order valence-electron chi connectivity index (χ3n) is 3.71. The molecular weight excluding hydrogens is 417 g/mol. The summed E-state index contributed by atoms with van der Waals surface area (Å²) < 4.78 is 1.94. The van der Waals surface area contributed by atoms with Crippen molar-refractivity contribution in [1.82, 2.24) is 5.32 Å². The molecule has 1 amide bonds. The average Bonchev–Trinajstić information content (AvgIpc) is 2.31. The largest absolute Gasteiger partial charge is 0.349 e. The molecule has 0 radical (unpaired) electrons. The van der Waals surface area contributed by atoms with Gasteiger partial charge in [0.1, 0.15) is 0 Å². The number of rotatable bonds is 2. The van der Waals surface area contributed by atoms with E-state index in [0.29, 0.717) is 11.5 Å². The number of hydrogen-bond donors (Lipinski definition) is 1. The topological polar surface area (TPSA) is 29.1 Å². The van der Waals surface area contributed by atoms with Crippen molar-refractivity contribution in [3.8, 4) is 0 Å². The highest BCUT2D eigenvalue weighted by atomic mass is 127. The first kappa shape index (κ1) is 15.3. The first-order valence-corrected chi connectivity index (χ1v) is 8.50. The summed E-state index contributed by atoms with van der Waals surface area (Å²) in [4.78, 5) is 12.4. The Morgan fingerprint density at radius 2 is 2.21 bits per heavy atom. The fourth-order valence-corrected chi connectivity index (χ4v) is 3.67. The first-order valence-electron chi connectivity index (χ1n) is 6.63. The van der Waals surface area contributed by atoms with E-state index in [-0.39, 0.29) is 5.91 Å². The predicted molar refractivity (Wildman–Crippen MR) is 90.4 cm³/mol. The van der Waals surface area contributed by atoms with Gasteiger partial charge >= 0.3 is 0 Å². The van der Waals surface area contributed by atoms with Gasteiger partial charge in [-0.1, -0.05) is 20.3 Å². The second kappa shape index (κ2) is 6.12. The van der Waals surface area contributed by atoms with Crippen LogP contribution in [0, 0.1) is 8.99 Å². The van der Waals surface area contributed by atoms with Gasteiger partial charge in [-0.15, -0.1) is 0 Å². The summed E-state index contributed by atoms with van der Waals surface area (Å²) in [5.74, 6) is 0.0353. The molecule has 0 aromatic heterocycles. The van der Waals surface area contributed by atoms with Crippen LogP contribution in [0.2, 0.25) is 0 Å². The van der Waals surface area contributed by atoms with Gasteiger partial charge in [0.15, 0.2) is 0 Å². The molecule has 104 valence electrons. The summed E-state index contributed by atoms with van der Waals surface area (Å²) in [5, 5.41) is 3.19. The van der Waals surface area contributed by atoms with Crippen LogP contribution in [0.25, 0.3) is 0 Å². The van der Waals surface area contributed by atoms with E-state index in [4.69, 9.17) is 0 Å². The Morgan fingerprint density at radius 1 is 1.47 bits per heavy atom. The number of nitrogens with one attached hydrogen (secondary N) is 1. The van der Waals surface area contributed by atoms with E-state index in [1.165, 1.54) is 12.8 Å². The number of halogens is 2. The Balaban J connectivity index is 2.06. The Labute approximate surface area is 137 Å². The zero-order chi connectivity index (χ0) is 14.0. The molecule has 1 fully saturated rings. The summed E-state index contributed by atoms with van der Waals surface area (Å²) in [5.41, 5.74) is 1.08. The van der Waals surface area contributed by atoms with Crippen LogP contribution in [-0.4, -0.2) is 11.9 Å². The fourth-order valence-electron chi connectivity index (χ4n) is 2.76. The standard InChI is InChI=1S/C15H19BrINO/c1-15(2)7-3-4-11(9-15)18-14(19)12-8-10(17)5-6-13(12)16/h5-6,8,11H,3-4,7,9H2,1-2H3,(H,18,19). The molecule has 1 unspecified atom stereocenters. The summed E-state index contributed by atoms with van der Waals surface area (Å²) in [6.07, 6.45) is 4.62. The Bertz CT molecular complexity index is 487. The van der Waals surface area contributed by atoms with E-state index >= 15 is 0 Å². The third kappa shape index (κ3) is 4.18. The molecule has 4 heteroatoms. The molecule has 2 rings (SSSR count). The monoisotopic (exact) mass is 435 g/mol. The molecule has 1 saturated carbocycles. The highest BCUT2D eigenvalue weighted by molar-refractivity contribution is 14.1. The molecule has 1 aliphatic carbocycles. The molecule has 1 aromatic carbocycles. The number of amides is 1. The summed E-state index contributed by atoms with van der Waals surface area (Å²) in [6, 6.07) is 6.15. The highest BCUT2D eigenvalue weighted by Crippen LogP contribution is 2.35. The molecule has 1 aromatic rings. The van der Waals surface area contributed by atoms with Gasteiger partial charge in [0.25, 0.3) is 5.91 Å². The number of carbonyl (C=O) groups excluding carboxylic acids is 1. The van der Waals surface area contributed by atoms with E-state index in [9.17, 15) is 4.79 Å². The molecule has 1 N–H and O–H groups in total. The van der Waals surface area contributed by atoms with Crippen molar-refractivity contribution in [2.75, 3.05) is 0 Å². The minimum Gasteiger partial charge on any atom is -0.349 e. The number of carbonyl (C=O) groups is 1. The molecule has 1 atom stereocenters. The van der Waals surface area contributed by atoms with E-state index in [0.717, 1.165) is 26.4 Å². The van der Waals surface area contributed by atoms with E-state index < -0.39 is 0 Å². The quantitative estimate of drug-likeness (QED) is 0.667. The fraction of sp³-hybridized carbons (Fsp3) is 0.533. The third-order valence-corrected chi connectivity index (χ3v) is 5.08. The summed E-state index contributed by atoms with van der Waals surface area (Å²) >= 11 is 5.69. The van der Waals surface area contributed by atoms with Gasteiger partial charge in [0.05, 0.1) is 5.56 Å². The Morgan fingerprint density at radius 3 is 2.89 bits per heavy atom. The van der Waals surface area contributed by atoms with Crippen molar-refractivity contribution in [2.24, 2.45) is 5.41 Å². The van der Waals surface area contributed by atoms with Gasteiger partial charge in [-0.05, 0) is 81.4 Å². The molecule has 0 heterocycles. The van der Waals surface area contributed by atoms with Crippen LogP contribution in [0.3, 0.4) is 0 Å². The second-order valence-electron chi connectivity index (χ2n) is 6.06. The molecule has 0 bridgehead atoms. The molecule has 2 nitrogen and oxygen atoms in total. The normalized spacial score (nSPS) is 22.0. The van der Waals surface area contributed by atoms with Crippen LogP contribution in [0.4, 0.5) is 0 Å². The van der Waals surface area contributed by atoms with Crippen LogP contribution in [-0.2, 0) is 0 Å². The lowest BCUT2D eigenvalue weighted by Gasteiger charge is -2.35. The van der Waals surface area contributed by atoms with Crippen molar-refractivity contribution >= 4 is 44.4 Å². The maximum Gasteiger partial charge on any atom is 0.252 e. The van der Waals surface area contributed by atoms with E-state index in [2.05, 4.69) is 57.7 Å². The molecule has 0 aliphatic heterocycles. The van der Waals surface area contributed by atoms with Gasteiger partial charge < -0.3 is 5.32 Å². The molecule has 19 heavy (non-hydrogen) atoms. The lowest BCUT2D eigenvalue weighted by atomic mass is 9.75. The molecule has 0 saturated heterocycles. The van der Waals surface area contributed by atoms with Gasteiger partial charge in [-0.2, -0.15) is 0 Å². The van der Waals surface area contributed by atoms with Gasteiger partial charge in [-0.3, -0.25) is 4.79 Å². The van der Waals surface area contributed by atoms with Crippen LogP contribution >= 0.6 is 38.5 Å². The summed E-state index contributed by atoms with van der Waals surface area (Å²) in [7, 11) is 0. The maximum atomic E-state index is 12.4. The van der Waals surface area contributed by atoms with Crippen molar-refractivity contribution in [1.29, 1.82) is 0 Å². The van der Waals surface area contributed by atoms with Gasteiger partial charge in [0, 0.05) is 14.1 Å². The molecule has 1 aliphatic rings. The number of benzene rings is 1.